The number of ether oxygens (including phenoxy) is 2. The predicted molar refractivity (Wildman–Crippen MR) is 71.0 cm³/mol. The Morgan fingerprint density at radius 2 is 2.16 bits per heavy atom. The fourth-order valence-electron chi connectivity index (χ4n) is 2.33. The molecule has 1 N–H and O–H groups in total. The minimum absolute atomic E-state index is 0.395. The first-order chi connectivity index (χ1) is 9.10. The smallest absolute Gasteiger partial charge is 0.450 e. The molecule has 1 aromatic rings. The lowest BCUT2D eigenvalue weighted by Gasteiger charge is -2.14. The molecule has 0 amide bonds. The zero-order valence-corrected chi connectivity index (χ0v) is 11.2. The normalized spacial score (nSPS) is 22.8. The molecule has 1 fully saturated rings. The summed E-state index contributed by atoms with van der Waals surface area (Å²) in [6.45, 7) is 2.61. The van der Waals surface area contributed by atoms with Crippen LogP contribution in [0.4, 0.5) is 4.79 Å². The van der Waals surface area contributed by atoms with E-state index in [1.807, 2.05) is 6.07 Å². The Morgan fingerprint density at radius 1 is 1.47 bits per heavy atom. The van der Waals surface area contributed by atoms with Gasteiger partial charge < -0.3 is 14.6 Å². The van der Waals surface area contributed by atoms with Gasteiger partial charge in [0, 0.05) is 6.42 Å². The first-order valence-electron chi connectivity index (χ1n) is 6.69. The minimum atomic E-state index is -1.25. The van der Waals surface area contributed by atoms with Gasteiger partial charge in [0.05, 0.1) is 0 Å². The van der Waals surface area contributed by atoms with Gasteiger partial charge in [-0.2, -0.15) is 0 Å². The van der Waals surface area contributed by atoms with Gasteiger partial charge in [-0.1, -0.05) is 43.7 Å². The van der Waals surface area contributed by atoms with Crippen LogP contribution in [0.2, 0.25) is 0 Å². The van der Waals surface area contributed by atoms with Crippen molar-refractivity contribution < 1.29 is 19.4 Å². The minimum Gasteiger partial charge on any atom is -0.450 e. The van der Waals surface area contributed by atoms with Crippen molar-refractivity contribution in [2.45, 2.75) is 38.4 Å². The maximum absolute atomic E-state index is 10.5. The van der Waals surface area contributed by atoms with Crippen molar-refractivity contribution in [3.63, 3.8) is 0 Å². The van der Waals surface area contributed by atoms with Gasteiger partial charge in [-0.05, 0) is 24.3 Å². The average Bonchev–Trinajstić information content (AvgIpc) is 3.09. The molecule has 1 aromatic carbocycles. The van der Waals surface area contributed by atoms with Crippen molar-refractivity contribution in [1.29, 1.82) is 0 Å². The van der Waals surface area contributed by atoms with E-state index >= 15 is 0 Å². The third-order valence-electron chi connectivity index (χ3n) is 3.42. The van der Waals surface area contributed by atoms with Gasteiger partial charge in [-0.25, -0.2) is 4.79 Å². The van der Waals surface area contributed by atoms with E-state index in [0.717, 1.165) is 19.3 Å². The zero-order chi connectivity index (χ0) is 13.7. The summed E-state index contributed by atoms with van der Waals surface area (Å²) in [6, 6.07) is 10.4. The van der Waals surface area contributed by atoms with E-state index in [1.54, 1.807) is 0 Å². The molecule has 1 heterocycles. The summed E-state index contributed by atoms with van der Waals surface area (Å²) >= 11 is 0. The molecular formula is C15H20O4. The number of carbonyl (C=O) groups is 1. The molecule has 4 heteroatoms. The summed E-state index contributed by atoms with van der Waals surface area (Å²) in [5, 5.41) is 8.59. The van der Waals surface area contributed by atoms with Gasteiger partial charge >= 0.3 is 6.16 Å². The van der Waals surface area contributed by atoms with E-state index < -0.39 is 11.9 Å². The molecule has 1 aliphatic heterocycles. The van der Waals surface area contributed by atoms with Crippen LogP contribution in [-0.4, -0.2) is 23.7 Å². The molecule has 0 bridgehead atoms. The van der Waals surface area contributed by atoms with Crippen molar-refractivity contribution >= 4 is 6.16 Å². The largest absolute Gasteiger partial charge is 0.508 e. The van der Waals surface area contributed by atoms with Gasteiger partial charge in [0.1, 0.15) is 6.61 Å². The molecule has 4 nitrogen and oxygen atoms in total. The Kier molecular flexibility index (Phi) is 4.43. The van der Waals surface area contributed by atoms with Crippen LogP contribution in [0.5, 0.6) is 0 Å². The molecule has 1 saturated heterocycles. The second-order valence-electron chi connectivity index (χ2n) is 5.25. The van der Waals surface area contributed by atoms with Crippen molar-refractivity contribution in [2.24, 2.45) is 5.92 Å². The van der Waals surface area contributed by atoms with Gasteiger partial charge in [-0.15, -0.1) is 0 Å². The highest BCUT2D eigenvalue weighted by atomic mass is 16.8. The standard InChI is InChI=1S/C15H20O4/c1-12(10-13-7-3-2-4-8-13)6-5-9-15(11-18-15)19-14(16)17/h2-4,7-8,12H,5-6,9-11H2,1H3,(H,16,17). The van der Waals surface area contributed by atoms with Gasteiger partial charge in [0.15, 0.2) is 0 Å². The number of benzene rings is 1. The second kappa shape index (κ2) is 6.06. The van der Waals surface area contributed by atoms with Crippen molar-refractivity contribution in [3.8, 4) is 0 Å². The van der Waals surface area contributed by atoms with Crippen LogP contribution in [0.15, 0.2) is 30.3 Å². The molecule has 0 aromatic heterocycles. The molecule has 2 atom stereocenters. The summed E-state index contributed by atoms with van der Waals surface area (Å²) in [5.74, 6) is -0.263. The van der Waals surface area contributed by atoms with E-state index in [0.29, 0.717) is 18.9 Å². The first-order valence-corrected chi connectivity index (χ1v) is 6.69. The van der Waals surface area contributed by atoms with Crippen LogP contribution in [0.1, 0.15) is 31.7 Å². The number of epoxide rings is 1. The molecule has 0 spiro atoms. The van der Waals surface area contributed by atoms with E-state index in [1.165, 1.54) is 5.56 Å². The number of carboxylic acid groups (broad SMARTS) is 1. The fourth-order valence-corrected chi connectivity index (χ4v) is 2.33. The summed E-state index contributed by atoms with van der Waals surface area (Å²) in [7, 11) is 0. The zero-order valence-electron chi connectivity index (χ0n) is 11.2. The number of rotatable bonds is 7. The van der Waals surface area contributed by atoms with Crippen molar-refractivity contribution in [2.75, 3.05) is 6.61 Å². The van der Waals surface area contributed by atoms with E-state index in [-0.39, 0.29) is 0 Å². The Bertz CT molecular complexity index is 411. The third kappa shape index (κ3) is 4.56. The molecular weight excluding hydrogens is 244 g/mol. The number of hydrogen-bond acceptors (Lipinski definition) is 3. The average molecular weight is 264 g/mol. The lowest BCUT2D eigenvalue weighted by atomic mass is 9.95. The maximum atomic E-state index is 10.5. The highest BCUT2D eigenvalue weighted by Gasteiger charge is 2.48. The summed E-state index contributed by atoms with van der Waals surface area (Å²) in [5.41, 5.74) is 1.34. The Labute approximate surface area is 113 Å². The quantitative estimate of drug-likeness (QED) is 0.605. The Hall–Kier alpha value is -1.55. The maximum Gasteiger partial charge on any atom is 0.508 e. The van der Waals surface area contributed by atoms with E-state index in [2.05, 4.69) is 31.2 Å². The lowest BCUT2D eigenvalue weighted by Crippen LogP contribution is -2.20. The molecule has 104 valence electrons. The molecule has 2 rings (SSSR count). The van der Waals surface area contributed by atoms with E-state index in [9.17, 15) is 4.79 Å². The van der Waals surface area contributed by atoms with Crippen LogP contribution in [0.25, 0.3) is 0 Å². The van der Waals surface area contributed by atoms with Crippen molar-refractivity contribution in [1.82, 2.24) is 0 Å². The highest BCUT2D eigenvalue weighted by molar-refractivity contribution is 5.57. The molecule has 0 aliphatic carbocycles. The van der Waals surface area contributed by atoms with Crippen LogP contribution < -0.4 is 0 Å². The van der Waals surface area contributed by atoms with Gasteiger partial charge in [-0.3, -0.25) is 0 Å². The monoisotopic (exact) mass is 264 g/mol. The van der Waals surface area contributed by atoms with Crippen LogP contribution in [-0.2, 0) is 15.9 Å². The van der Waals surface area contributed by atoms with Crippen LogP contribution in [0.3, 0.4) is 0 Å². The SMILES string of the molecule is CC(CCCC1(OC(=O)O)CO1)Cc1ccccc1. The molecule has 0 radical (unpaired) electrons. The van der Waals surface area contributed by atoms with Crippen LogP contribution >= 0.6 is 0 Å². The number of hydrogen-bond donors (Lipinski definition) is 1. The Morgan fingerprint density at radius 3 is 2.74 bits per heavy atom. The topological polar surface area (TPSA) is 59.1 Å². The molecule has 2 unspecified atom stereocenters. The Balaban J connectivity index is 1.67. The van der Waals surface area contributed by atoms with Gasteiger partial charge in [0.25, 0.3) is 0 Å². The lowest BCUT2D eigenvalue weighted by molar-refractivity contribution is -0.0248. The molecule has 1 aliphatic rings. The highest BCUT2D eigenvalue weighted by Crippen LogP contribution is 2.34. The third-order valence-corrected chi connectivity index (χ3v) is 3.42. The van der Waals surface area contributed by atoms with E-state index in [4.69, 9.17) is 14.6 Å². The summed E-state index contributed by atoms with van der Waals surface area (Å²) in [6.07, 6.45) is 2.41. The first kappa shape index (κ1) is 13.9. The molecule has 0 saturated carbocycles. The second-order valence-corrected chi connectivity index (χ2v) is 5.25. The van der Waals surface area contributed by atoms with Crippen molar-refractivity contribution in [3.05, 3.63) is 35.9 Å². The van der Waals surface area contributed by atoms with Gasteiger partial charge in [0.2, 0.25) is 5.79 Å². The predicted octanol–water partition coefficient (Wildman–Crippen LogP) is 3.46. The summed E-state index contributed by atoms with van der Waals surface area (Å²) < 4.78 is 9.85. The van der Waals surface area contributed by atoms with Crippen LogP contribution in [0, 0.1) is 5.92 Å². The molecule has 19 heavy (non-hydrogen) atoms. The summed E-state index contributed by atoms with van der Waals surface area (Å²) in [4.78, 5) is 10.5. The fraction of sp³-hybridized carbons (Fsp3) is 0.533.